The van der Waals surface area contributed by atoms with E-state index in [0.29, 0.717) is 25.5 Å². The van der Waals surface area contributed by atoms with Gasteiger partial charge < -0.3 is 4.90 Å². The van der Waals surface area contributed by atoms with Crippen LogP contribution in [-0.2, 0) is 13.1 Å². The standard InChI is InChI=1S/C15H13N5OS/c21-15(12-2-1-9-22-12)19-7-8-20-13(10-19)17-14(18-20)11-3-5-16-6-4-11/h1-6,9H,7-8,10H2. The number of amides is 1. The minimum atomic E-state index is 0.0645. The molecule has 0 bridgehead atoms. The lowest BCUT2D eigenvalue weighted by atomic mass is 10.2. The summed E-state index contributed by atoms with van der Waals surface area (Å²) < 4.78 is 1.88. The summed E-state index contributed by atoms with van der Waals surface area (Å²) >= 11 is 1.47. The van der Waals surface area contributed by atoms with Crippen LogP contribution in [0, 0.1) is 0 Å². The van der Waals surface area contributed by atoms with E-state index in [4.69, 9.17) is 0 Å². The molecule has 0 saturated heterocycles. The fourth-order valence-electron chi connectivity index (χ4n) is 2.49. The second-order valence-electron chi connectivity index (χ2n) is 5.01. The second-order valence-corrected chi connectivity index (χ2v) is 5.96. The lowest BCUT2D eigenvalue weighted by Crippen LogP contribution is -2.38. The van der Waals surface area contributed by atoms with Gasteiger partial charge in [0, 0.05) is 24.5 Å². The number of thiophene rings is 1. The highest BCUT2D eigenvalue weighted by molar-refractivity contribution is 7.12. The highest BCUT2D eigenvalue weighted by Crippen LogP contribution is 2.20. The Morgan fingerprint density at radius 1 is 1.18 bits per heavy atom. The average Bonchev–Trinajstić information content (AvgIpc) is 3.23. The summed E-state index contributed by atoms with van der Waals surface area (Å²) in [7, 11) is 0. The molecule has 0 aromatic carbocycles. The SMILES string of the molecule is O=C(c1cccs1)N1CCn2nc(-c3ccncc3)nc2C1. The maximum atomic E-state index is 12.4. The summed E-state index contributed by atoms with van der Waals surface area (Å²) in [4.78, 5) is 23.6. The molecule has 1 aliphatic rings. The molecule has 0 N–H and O–H groups in total. The first-order valence-corrected chi connectivity index (χ1v) is 7.86. The molecule has 110 valence electrons. The summed E-state index contributed by atoms with van der Waals surface area (Å²) in [6, 6.07) is 7.52. The lowest BCUT2D eigenvalue weighted by Gasteiger charge is -2.26. The van der Waals surface area contributed by atoms with Crippen molar-refractivity contribution in [1.29, 1.82) is 0 Å². The van der Waals surface area contributed by atoms with Crippen molar-refractivity contribution >= 4 is 17.2 Å². The number of aromatic nitrogens is 4. The second kappa shape index (κ2) is 5.34. The van der Waals surface area contributed by atoms with Crippen LogP contribution in [0.1, 0.15) is 15.5 Å². The Morgan fingerprint density at radius 3 is 2.82 bits per heavy atom. The van der Waals surface area contributed by atoms with E-state index in [1.54, 1.807) is 12.4 Å². The number of fused-ring (bicyclic) bond motifs is 1. The first kappa shape index (κ1) is 13.1. The number of carbonyl (C=O) groups is 1. The minimum absolute atomic E-state index is 0.0645. The van der Waals surface area contributed by atoms with Gasteiger partial charge in [0.25, 0.3) is 5.91 Å². The van der Waals surface area contributed by atoms with Crippen molar-refractivity contribution in [2.24, 2.45) is 0 Å². The number of nitrogens with zero attached hydrogens (tertiary/aromatic N) is 5. The third kappa shape index (κ3) is 2.29. The number of carbonyl (C=O) groups excluding carboxylic acids is 1. The number of hydrogen-bond donors (Lipinski definition) is 0. The van der Waals surface area contributed by atoms with E-state index in [2.05, 4.69) is 15.1 Å². The average molecular weight is 311 g/mol. The molecule has 4 heterocycles. The van der Waals surface area contributed by atoms with Crippen LogP contribution in [-0.4, -0.2) is 37.1 Å². The van der Waals surface area contributed by atoms with E-state index >= 15 is 0 Å². The molecule has 0 radical (unpaired) electrons. The largest absolute Gasteiger partial charge is 0.329 e. The lowest BCUT2D eigenvalue weighted by molar-refractivity contribution is 0.0707. The minimum Gasteiger partial charge on any atom is -0.329 e. The van der Waals surface area contributed by atoms with Crippen LogP contribution in [0.15, 0.2) is 42.0 Å². The predicted molar refractivity (Wildman–Crippen MR) is 82.3 cm³/mol. The summed E-state index contributed by atoms with van der Waals surface area (Å²) in [5, 5.41) is 6.44. The normalized spacial score (nSPS) is 13.9. The maximum absolute atomic E-state index is 12.4. The smallest absolute Gasteiger partial charge is 0.264 e. The van der Waals surface area contributed by atoms with Crippen LogP contribution >= 0.6 is 11.3 Å². The number of hydrogen-bond acceptors (Lipinski definition) is 5. The fraction of sp³-hybridized carbons (Fsp3) is 0.200. The maximum Gasteiger partial charge on any atom is 0.264 e. The zero-order valence-electron chi connectivity index (χ0n) is 11.7. The molecule has 0 spiro atoms. The molecule has 3 aromatic rings. The summed E-state index contributed by atoms with van der Waals surface area (Å²) in [5.41, 5.74) is 0.938. The molecule has 1 aliphatic heterocycles. The van der Waals surface area contributed by atoms with Crippen molar-refractivity contribution < 1.29 is 4.79 Å². The highest BCUT2D eigenvalue weighted by Gasteiger charge is 2.25. The molecule has 0 atom stereocenters. The summed E-state index contributed by atoms with van der Waals surface area (Å²) in [5.74, 6) is 1.57. The zero-order valence-corrected chi connectivity index (χ0v) is 12.5. The van der Waals surface area contributed by atoms with E-state index in [-0.39, 0.29) is 5.91 Å². The van der Waals surface area contributed by atoms with Gasteiger partial charge in [-0.1, -0.05) is 6.07 Å². The Labute approximate surface area is 131 Å². The fourth-order valence-corrected chi connectivity index (χ4v) is 3.18. The van der Waals surface area contributed by atoms with Gasteiger partial charge in [0.15, 0.2) is 5.82 Å². The highest BCUT2D eigenvalue weighted by atomic mass is 32.1. The third-order valence-electron chi connectivity index (χ3n) is 3.62. The van der Waals surface area contributed by atoms with Gasteiger partial charge in [0.05, 0.1) is 18.0 Å². The topological polar surface area (TPSA) is 63.9 Å². The van der Waals surface area contributed by atoms with Gasteiger partial charge in [0.2, 0.25) is 0 Å². The van der Waals surface area contributed by atoms with Gasteiger partial charge in [-0.3, -0.25) is 9.78 Å². The Bertz CT molecular complexity index is 797. The molecule has 3 aromatic heterocycles. The van der Waals surface area contributed by atoms with Crippen molar-refractivity contribution in [2.45, 2.75) is 13.1 Å². The number of rotatable bonds is 2. The Hall–Kier alpha value is -2.54. The van der Waals surface area contributed by atoms with Gasteiger partial charge in [-0.15, -0.1) is 11.3 Å². The van der Waals surface area contributed by atoms with Crippen LogP contribution in [0.3, 0.4) is 0 Å². The monoisotopic (exact) mass is 311 g/mol. The Morgan fingerprint density at radius 2 is 2.05 bits per heavy atom. The molecule has 7 heteroatoms. The zero-order chi connectivity index (χ0) is 14.9. The van der Waals surface area contributed by atoms with Crippen LogP contribution < -0.4 is 0 Å². The molecule has 0 saturated carbocycles. The quantitative estimate of drug-likeness (QED) is 0.726. The van der Waals surface area contributed by atoms with Crippen molar-refractivity contribution in [3.05, 3.63) is 52.7 Å². The summed E-state index contributed by atoms with van der Waals surface area (Å²) in [6.45, 7) is 1.82. The molecular formula is C15H13N5OS. The third-order valence-corrected chi connectivity index (χ3v) is 4.48. The van der Waals surface area contributed by atoms with Gasteiger partial charge >= 0.3 is 0 Å². The molecule has 6 nitrogen and oxygen atoms in total. The van der Waals surface area contributed by atoms with Crippen molar-refractivity contribution in [1.82, 2.24) is 24.6 Å². The van der Waals surface area contributed by atoms with E-state index in [0.717, 1.165) is 16.3 Å². The van der Waals surface area contributed by atoms with Crippen LogP contribution in [0.5, 0.6) is 0 Å². The van der Waals surface area contributed by atoms with Gasteiger partial charge in [-0.25, -0.2) is 9.67 Å². The molecule has 0 unspecified atom stereocenters. The van der Waals surface area contributed by atoms with Crippen LogP contribution in [0.2, 0.25) is 0 Å². The number of pyridine rings is 1. The van der Waals surface area contributed by atoms with Crippen molar-refractivity contribution in [2.75, 3.05) is 6.54 Å². The Kier molecular flexibility index (Phi) is 3.19. The molecule has 4 rings (SSSR count). The molecule has 22 heavy (non-hydrogen) atoms. The van der Waals surface area contributed by atoms with E-state index < -0.39 is 0 Å². The summed E-state index contributed by atoms with van der Waals surface area (Å²) in [6.07, 6.45) is 3.45. The molecule has 0 aliphatic carbocycles. The van der Waals surface area contributed by atoms with Crippen LogP contribution in [0.25, 0.3) is 11.4 Å². The Balaban J connectivity index is 1.59. The van der Waals surface area contributed by atoms with E-state index in [9.17, 15) is 4.79 Å². The molecular weight excluding hydrogens is 298 g/mol. The molecule has 1 amide bonds. The van der Waals surface area contributed by atoms with Gasteiger partial charge in [0.1, 0.15) is 5.82 Å². The first-order valence-electron chi connectivity index (χ1n) is 6.98. The van der Waals surface area contributed by atoms with Gasteiger partial charge in [-0.2, -0.15) is 5.10 Å². The van der Waals surface area contributed by atoms with Gasteiger partial charge in [-0.05, 0) is 23.6 Å². The first-order chi connectivity index (χ1) is 10.8. The van der Waals surface area contributed by atoms with Crippen LogP contribution in [0.4, 0.5) is 0 Å². The molecule has 0 fully saturated rings. The van der Waals surface area contributed by atoms with Crippen molar-refractivity contribution in [3.8, 4) is 11.4 Å². The van der Waals surface area contributed by atoms with Crippen molar-refractivity contribution in [3.63, 3.8) is 0 Å². The predicted octanol–water partition coefficient (Wildman–Crippen LogP) is 2.06. The van der Waals surface area contributed by atoms with E-state index in [1.165, 1.54) is 11.3 Å². The van der Waals surface area contributed by atoms with E-state index in [1.807, 2.05) is 39.2 Å².